The molecule has 1 aliphatic carbocycles. The summed E-state index contributed by atoms with van der Waals surface area (Å²) in [5.74, 6) is 0.548. The lowest BCUT2D eigenvalue weighted by Crippen LogP contribution is -2.29. The lowest BCUT2D eigenvalue weighted by atomic mass is 9.88. The molecule has 2 aromatic heterocycles. The second-order valence-corrected chi connectivity index (χ2v) is 7.18. The third kappa shape index (κ3) is 3.45. The Kier molecular flexibility index (Phi) is 4.44. The van der Waals surface area contributed by atoms with Crippen molar-refractivity contribution < 1.29 is 9.21 Å². The number of para-hydroxylation sites is 1. The van der Waals surface area contributed by atoms with Crippen molar-refractivity contribution in [3.63, 3.8) is 0 Å². The third-order valence-electron chi connectivity index (χ3n) is 5.32. The lowest BCUT2D eigenvalue weighted by Gasteiger charge is -2.25. The van der Waals surface area contributed by atoms with Crippen LogP contribution in [0.3, 0.4) is 0 Å². The SMILES string of the molecule is O=C(C=Cc1nnc(-c2c[nH]c3ccccc23)o1)NC1CCCc2ccccc21. The number of carbonyl (C=O) groups excluding carboxylic acids is 1. The maximum absolute atomic E-state index is 12.4. The summed E-state index contributed by atoms with van der Waals surface area (Å²) in [5, 5.41) is 12.2. The van der Waals surface area contributed by atoms with Crippen LogP contribution < -0.4 is 5.32 Å². The summed E-state index contributed by atoms with van der Waals surface area (Å²) in [6, 6.07) is 16.2. The van der Waals surface area contributed by atoms with Crippen LogP contribution in [0.15, 0.2) is 65.2 Å². The number of nitrogens with zero attached hydrogens (tertiary/aromatic N) is 2. The number of nitrogens with one attached hydrogen (secondary N) is 2. The molecule has 2 N–H and O–H groups in total. The van der Waals surface area contributed by atoms with E-state index in [9.17, 15) is 4.79 Å². The molecule has 1 unspecified atom stereocenters. The highest BCUT2D eigenvalue weighted by Crippen LogP contribution is 2.30. The van der Waals surface area contributed by atoms with Crippen LogP contribution in [0.25, 0.3) is 28.4 Å². The number of fused-ring (bicyclic) bond motifs is 2. The smallest absolute Gasteiger partial charge is 0.250 e. The zero-order chi connectivity index (χ0) is 19.6. The number of hydrogen-bond acceptors (Lipinski definition) is 4. The number of benzene rings is 2. The summed E-state index contributed by atoms with van der Waals surface area (Å²) >= 11 is 0. The van der Waals surface area contributed by atoms with Gasteiger partial charge in [-0.05, 0) is 36.5 Å². The van der Waals surface area contributed by atoms with Crippen molar-refractivity contribution in [1.82, 2.24) is 20.5 Å². The molecule has 1 atom stereocenters. The average molecular weight is 384 g/mol. The Hall–Kier alpha value is -3.67. The Labute approximate surface area is 167 Å². The molecule has 0 spiro atoms. The largest absolute Gasteiger partial charge is 0.417 e. The molecular weight excluding hydrogens is 364 g/mol. The summed E-state index contributed by atoms with van der Waals surface area (Å²) in [7, 11) is 0. The molecule has 144 valence electrons. The molecule has 6 heteroatoms. The first kappa shape index (κ1) is 17.4. The van der Waals surface area contributed by atoms with Gasteiger partial charge in [0.1, 0.15) is 0 Å². The normalized spacial score (nSPS) is 16.2. The van der Waals surface area contributed by atoms with Crippen LogP contribution >= 0.6 is 0 Å². The minimum Gasteiger partial charge on any atom is -0.417 e. The fraction of sp³-hybridized carbons (Fsp3) is 0.174. The van der Waals surface area contributed by atoms with Gasteiger partial charge < -0.3 is 14.7 Å². The number of aromatic nitrogens is 3. The van der Waals surface area contributed by atoms with E-state index in [1.54, 1.807) is 6.08 Å². The van der Waals surface area contributed by atoms with Crippen molar-refractivity contribution >= 4 is 22.9 Å². The van der Waals surface area contributed by atoms with E-state index in [-0.39, 0.29) is 11.9 Å². The maximum atomic E-state index is 12.4. The lowest BCUT2D eigenvalue weighted by molar-refractivity contribution is -0.117. The molecule has 1 amide bonds. The minimum atomic E-state index is -0.168. The second kappa shape index (κ2) is 7.39. The summed E-state index contributed by atoms with van der Waals surface area (Å²) in [5.41, 5.74) is 4.37. The van der Waals surface area contributed by atoms with Gasteiger partial charge >= 0.3 is 0 Å². The molecule has 0 saturated heterocycles. The van der Waals surface area contributed by atoms with Crippen molar-refractivity contribution in [2.24, 2.45) is 0 Å². The summed E-state index contributed by atoms with van der Waals surface area (Å²) in [6.07, 6.45) is 7.93. The van der Waals surface area contributed by atoms with Gasteiger partial charge in [0.25, 0.3) is 0 Å². The van der Waals surface area contributed by atoms with E-state index in [0.717, 1.165) is 35.7 Å². The maximum Gasteiger partial charge on any atom is 0.250 e. The Bertz CT molecular complexity index is 1200. The van der Waals surface area contributed by atoms with E-state index < -0.39 is 0 Å². The van der Waals surface area contributed by atoms with Crippen LogP contribution in [0.2, 0.25) is 0 Å². The number of rotatable bonds is 4. The average Bonchev–Trinajstić information content (AvgIpc) is 3.39. The minimum absolute atomic E-state index is 0.0431. The van der Waals surface area contributed by atoms with E-state index in [0.29, 0.717) is 11.8 Å². The van der Waals surface area contributed by atoms with Gasteiger partial charge in [0.05, 0.1) is 11.6 Å². The van der Waals surface area contributed by atoms with Crippen LogP contribution in [0.4, 0.5) is 0 Å². The van der Waals surface area contributed by atoms with Gasteiger partial charge in [-0.15, -0.1) is 10.2 Å². The molecule has 0 fully saturated rings. The quantitative estimate of drug-likeness (QED) is 0.510. The van der Waals surface area contributed by atoms with Gasteiger partial charge in [0, 0.05) is 29.3 Å². The fourth-order valence-corrected chi connectivity index (χ4v) is 3.93. The van der Waals surface area contributed by atoms with Crippen LogP contribution in [0.5, 0.6) is 0 Å². The van der Waals surface area contributed by atoms with Gasteiger partial charge in [0.2, 0.25) is 17.7 Å². The molecular formula is C23H20N4O2. The molecule has 5 rings (SSSR count). The molecule has 2 aromatic carbocycles. The molecule has 0 radical (unpaired) electrons. The zero-order valence-corrected chi connectivity index (χ0v) is 15.8. The van der Waals surface area contributed by atoms with E-state index in [1.165, 1.54) is 17.2 Å². The Morgan fingerprint density at radius 3 is 2.97 bits per heavy atom. The van der Waals surface area contributed by atoms with E-state index in [2.05, 4.69) is 32.6 Å². The van der Waals surface area contributed by atoms with Crippen molar-refractivity contribution in [3.05, 3.63) is 77.8 Å². The second-order valence-electron chi connectivity index (χ2n) is 7.18. The van der Waals surface area contributed by atoms with Crippen LogP contribution in [-0.2, 0) is 11.2 Å². The number of aryl methyl sites for hydroxylation is 1. The monoisotopic (exact) mass is 384 g/mol. The highest BCUT2D eigenvalue weighted by Gasteiger charge is 2.20. The molecule has 6 nitrogen and oxygen atoms in total. The molecule has 1 aliphatic rings. The first-order chi connectivity index (χ1) is 14.3. The van der Waals surface area contributed by atoms with Gasteiger partial charge in [-0.1, -0.05) is 42.5 Å². The van der Waals surface area contributed by atoms with E-state index in [4.69, 9.17) is 4.42 Å². The summed E-state index contributed by atoms with van der Waals surface area (Å²) < 4.78 is 5.72. The Morgan fingerprint density at radius 2 is 2.00 bits per heavy atom. The predicted molar refractivity (Wildman–Crippen MR) is 111 cm³/mol. The molecule has 0 saturated carbocycles. The first-order valence-corrected chi connectivity index (χ1v) is 9.74. The van der Waals surface area contributed by atoms with Crippen molar-refractivity contribution in [1.29, 1.82) is 0 Å². The zero-order valence-electron chi connectivity index (χ0n) is 15.8. The number of H-pyrrole nitrogens is 1. The summed E-state index contributed by atoms with van der Waals surface area (Å²) in [6.45, 7) is 0. The molecule has 29 heavy (non-hydrogen) atoms. The third-order valence-corrected chi connectivity index (χ3v) is 5.32. The predicted octanol–water partition coefficient (Wildman–Crippen LogP) is 4.42. The van der Waals surface area contributed by atoms with Gasteiger partial charge in [-0.2, -0.15) is 0 Å². The first-order valence-electron chi connectivity index (χ1n) is 9.74. The fourth-order valence-electron chi connectivity index (χ4n) is 3.93. The van der Waals surface area contributed by atoms with E-state index in [1.807, 2.05) is 42.6 Å². The Balaban J connectivity index is 1.30. The van der Waals surface area contributed by atoms with Crippen molar-refractivity contribution in [2.75, 3.05) is 0 Å². The number of carbonyl (C=O) groups is 1. The highest BCUT2D eigenvalue weighted by atomic mass is 16.4. The number of hydrogen-bond donors (Lipinski definition) is 2. The number of amides is 1. The molecule has 0 bridgehead atoms. The van der Waals surface area contributed by atoms with Crippen LogP contribution in [-0.4, -0.2) is 21.1 Å². The van der Waals surface area contributed by atoms with E-state index >= 15 is 0 Å². The highest BCUT2D eigenvalue weighted by molar-refractivity contribution is 5.93. The van der Waals surface area contributed by atoms with Crippen molar-refractivity contribution in [3.8, 4) is 11.5 Å². The van der Waals surface area contributed by atoms with Gasteiger partial charge in [-0.25, -0.2) is 0 Å². The van der Waals surface area contributed by atoms with Crippen LogP contribution in [0.1, 0.15) is 35.9 Å². The topological polar surface area (TPSA) is 83.8 Å². The molecule has 4 aromatic rings. The van der Waals surface area contributed by atoms with Crippen molar-refractivity contribution in [2.45, 2.75) is 25.3 Å². The number of aromatic amines is 1. The van der Waals surface area contributed by atoms with Gasteiger partial charge in [0.15, 0.2) is 0 Å². The standard InChI is InChI=1S/C23H20N4O2/c28-21(25-20-11-5-7-15-6-1-2-8-16(15)20)12-13-22-26-27-23(29-22)18-14-24-19-10-4-3-9-17(18)19/h1-4,6,8-10,12-14,20,24H,5,7,11H2,(H,25,28). The Morgan fingerprint density at radius 1 is 1.14 bits per heavy atom. The molecule has 2 heterocycles. The summed E-state index contributed by atoms with van der Waals surface area (Å²) in [4.78, 5) is 15.6. The van der Waals surface area contributed by atoms with Crippen LogP contribution in [0, 0.1) is 0 Å². The molecule has 0 aliphatic heterocycles. The van der Waals surface area contributed by atoms with Gasteiger partial charge in [-0.3, -0.25) is 4.79 Å².